The van der Waals surface area contributed by atoms with Gasteiger partial charge in [-0.15, -0.1) is 0 Å². The molecule has 0 bridgehead atoms. The lowest BCUT2D eigenvalue weighted by atomic mass is 9.43. The molecule has 0 radical (unpaired) electrons. The maximum absolute atomic E-state index is 11.8. The third-order valence-corrected chi connectivity index (χ3v) is 12.2. The smallest absolute Gasteiger partial charge is 0.217 e. The maximum atomic E-state index is 11.8. The van der Waals surface area contributed by atoms with E-state index in [0.717, 1.165) is 11.8 Å². The summed E-state index contributed by atoms with van der Waals surface area (Å²) < 4.78 is 0. The molecule has 4 fully saturated rings. The third-order valence-electron chi connectivity index (χ3n) is 12.2. The first-order chi connectivity index (χ1) is 14.4. The summed E-state index contributed by atoms with van der Waals surface area (Å²) in [5.41, 5.74) is 2.11. The predicted molar refractivity (Wildman–Crippen MR) is 128 cm³/mol. The number of nitrogens with one attached hydrogen (secondary N) is 1. The SMILES string of the molecule is CC(=O)NC(C)[C@@H]1CC[C@@]2(C)[C@@H]3C=C[C@H]4C(C)(C)C(N(C)C)CC[C@@]45C[C@@]35CC[C@]12C. The van der Waals surface area contributed by atoms with E-state index >= 15 is 0 Å². The van der Waals surface area contributed by atoms with Gasteiger partial charge < -0.3 is 10.2 Å². The molecule has 0 aromatic heterocycles. The normalized spacial score (nSPS) is 52.5. The van der Waals surface area contributed by atoms with Crippen LogP contribution in [0.2, 0.25) is 0 Å². The molecule has 3 nitrogen and oxygen atoms in total. The summed E-state index contributed by atoms with van der Waals surface area (Å²) in [7, 11) is 4.56. The monoisotopic (exact) mass is 426 g/mol. The molecule has 0 aromatic carbocycles. The van der Waals surface area contributed by atoms with E-state index in [1.54, 1.807) is 6.92 Å². The summed E-state index contributed by atoms with van der Waals surface area (Å²) in [4.78, 5) is 14.3. The molecule has 0 aliphatic heterocycles. The van der Waals surface area contributed by atoms with E-state index < -0.39 is 0 Å². The van der Waals surface area contributed by atoms with Crippen molar-refractivity contribution < 1.29 is 4.79 Å². The lowest BCUT2D eigenvalue weighted by Crippen LogP contribution is -2.58. The highest BCUT2D eigenvalue weighted by atomic mass is 16.1. The van der Waals surface area contributed by atoms with E-state index in [2.05, 4.69) is 71.1 Å². The number of allylic oxidation sites excluding steroid dienone is 2. The number of carbonyl (C=O) groups is 1. The van der Waals surface area contributed by atoms with Gasteiger partial charge in [0.1, 0.15) is 0 Å². The molecular weight excluding hydrogens is 380 g/mol. The van der Waals surface area contributed by atoms with Gasteiger partial charge in [0, 0.05) is 19.0 Å². The molecule has 1 amide bonds. The molecule has 31 heavy (non-hydrogen) atoms. The van der Waals surface area contributed by atoms with E-state index in [0.29, 0.717) is 39.0 Å². The van der Waals surface area contributed by atoms with Crippen LogP contribution in [0.3, 0.4) is 0 Å². The summed E-state index contributed by atoms with van der Waals surface area (Å²) in [6.45, 7) is 14.2. The van der Waals surface area contributed by atoms with Crippen molar-refractivity contribution in [3.8, 4) is 0 Å². The van der Waals surface area contributed by atoms with Crippen LogP contribution < -0.4 is 5.32 Å². The number of rotatable bonds is 3. The molecule has 0 saturated heterocycles. The van der Waals surface area contributed by atoms with Crippen LogP contribution in [0.15, 0.2) is 12.2 Å². The fourth-order valence-electron chi connectivity index (χ4n) is 10.8. The molecule has 9 atom stereocenters. The molecule has 174 valence electrons. The number of hydrogen-bond donors (Lipinski definition) is 1. The van der Waals surface area contributed by atoms with E-state index in [1.165, 1.54) is 44.9 Å². The lowest BCUT2D eigenvalue weighted by Gasteiger charge is -2.62. The lowest BCUT2D eigenvalue weighted by molar-refractivity contribution is -0.122. The van der Waals surface area contributed by atoms with Gasteiger partial charge in [-0.25, -0.2) is 0 Å². The van der Waals surface area contributed by atoms with Gasteiger partial charge in [-0.2, -0.15) is 0 Å². The van der Waals surface area contributed by atoms with Gasteiger partial charge in [0.05, 0.1) is 0 Å². The van der Waals surface area contributed by atoms with Crippen molar-refractivity contribution in [2.75, 3.05) is 14.1 Å². The van der Waals surface area contributed by atoms with Gasteiger partial charge in [0.15, 0.2) is 0 Å². The van der Waals surface area contributed by atoms with E-state index in [-0.39, 0.29) is 11.9 Å². The summed E-state index contributed by atoms with van der Waals surface area (Å²) in [6.07, 6.45) is 15.0. The molecule has 5 rings (SSSR count). The maximum Gasteiger partial charge on any atom is 0.217 e. The van der Waals surface area contributed by atoms with Crippen LogP contribution in [0, 0.1) is 44.8 Å². The first-order valence-electron chi connectivity index (χ1n) is 13.0. The molecule has 0 heterocycles. The highest BCUT2D eigenvalue weighted by Gasteiger charge is 2.81. The predicted octanol–water partition coefficient (Wildman–Crippen LogP) is 5.66. The zero-order valence-electron chi connectivity index (χ0n) is 21.3. The number of hydrogen-bond acceptors (Lipinski definition) is 2. The second kappa shape index (κ2) is 6.39. The van der Waals surface area contributed by atoms with Crippen molar-refractivity contribution in [2.45, 2.75) is 98.6 Å². The second-order valence-corrected chi connectivity index (χ2v) is 13.6. The average Bonchev–Trinajstić information content (AvgIpc) is 3.22. The third kappa shape index (κ3) is 2.48. The highest BCUT2D eigenvalue weighted by molar-refractivity contribution is 5.73. The molecule has 5 aliphatic carbocycles. The van der Waals surface area contributed by atoms with E-state index in [9.17, 15) is 4.79 Å². The number of amides is 1. The minimum Gasteiger partial charge on any atom is -0.354 e. The van der Waals surface area contributed by atoms with Gasteiger partial charge in [-0.1, -0.05) is 39.8 Å². The first kappa shape index (κ1) is 22.0. The van der Waals surface area contributed by atoms with Crippen LogP contribution in [0.4, 0.5) is 0 Å². The minimum atomic E-state index is 0.124. The molecule has 1 N–H and O–H groups in total. The molecule has 2 unspecified atom stereocenters. The molecular formula is C28H46N2O. The van der Waals surface area contributed by atoms with Gasteiger partial charge in [-0.05, 0) is 111 Å². The van der Waals surface area contributed by atoms with Gasteiger partial charge in [-0.3, -0.25) is 4.79 Å². The zero-order valence-corrected chi connectivity index (χ0v) is 21.3. The summed E-state index contributed by atoms with van der Waals surface area (Å²) >= 11 is 0. The number of nitrogens with zero attached hydrogens (tertiary/aromatic N) is 1. The standard InChI is InChI=1S/C28H46N2O/c1-18(29-19(2)31)20-11-13-26(6)22-10-9-21-24(3,4)23(30(7)8)12-14-27(21)17-28(22,27)16-15-25(20,26)5/h9-10,18,20-23H,11-17H2,1-8H3,(H,29,31)/t18?,20-,21-,22-,23?,25+,26-,27+,28-/m0/s1. The van der Waals surface area contributed by atoms with Crippen molar-refractivity contribution in [3.05, 3.63) is 12.2 Å². The average molecular weight is 427 g/mol. The second-order valence-electron chi connectivity index (χ2n) is 13.6. The Morgan fingerprint density at radius 2 is 1.58 bits per heavy atom. The van der Waals surface area contributed by atoms with Crippen molar-refractivity contribution in [1.29, 1.82) is 0 Å². The topological polar surface area (TPSA) is 32.3 Å². The molecule has 4 saturated carbocycles. The van der Waals surface area contributed by atoms with Crippen molar-refractivity contribution >= 4 is 5.91 Å². The van der Waals surface area contributed by atoms with Gasteiger partial charge >= 0.3 is 0 Å². The minimum absolute atomic E-state index is 0.124. The number of carbonyl (C=O) groups excluding carboxylic acids is 1. The molecule has 3 heteroatoms. The Morgan fingerprint density at radius 1 is 0.935 bits per heavy atom. The highest BCUT2D eigenvalue weighted by Crippen LogP contribution is 2.87. The molecule has 2 spiro atoms. The van der Waals surface area contributed by atoms with Crippen LogP contribution in [0.1, 0.15) is 86.5 Å². The van der Waals surface area contributed by atoms with Crippen molar-refractivity contribution in [3.63, 3.8) is 0 Å². The van der Waals surface area contributed by atoms with Crippen LogP contribution in [-0.2, 0) is 4.79 Å². The molecule has 5 aliphatic rings. The fraction of sp³-hybridized carbons (Fsp3) is 0.893. The first-order valence-corrected chi connectivity index (χ1v) is 13.0. The van der Waals surface area contributed by atoms with Crippen LogP contribution in [0.25, 0.3) is 0 Å². The van der Waals surface area contributed by atoms with Gasteiger partial charge in [0.25, 0.3) is 0 Å². The summed E-state index contributed by atoms with van der Waals surface area (Å²) in [6, 6.07) is 0.960. The van der Waals surface area contributed by atoms with Crippen LogP contribution in [-0.4, -0.2) is 37.0 Å². The largest absolute Gasteiger partial charge is 0.354 e. The Hall–Kier alpha value is -0.830. The molecule has 0 aromatic rings. The summed E-state index contributed by atoms with van der Waals surface area (Å²) in [5, 5.41) is 3.26. The van der Waals surface area contributed by atoms with Crippen molar-refractivity contribution in [2.24, 2.45) is 44.8 Å². The zero-order chi connectivity index (χ0) is 22.6. The Morgan fingerprint density at radius 3 is 2.23 bits per heavy atom. The van der Waals surface area contributed by atoms with E-state index in [4.69, 9.17) is 0 Å². The van der Waals surface area contributed by atoms with Crippen LogP contribution >= 0.6 is 0 Å². The summed E-state index contributed by atoms with van der Waals surface area (Å²) in [5.74, 6) is 2.16. The number of fused-ring (bicyclic) bond motifs is 2. The fourth-order valence-corrected chi connectivity index (χ4v) is 10.8. The Bertz CT molecular complexity index is 816. The Kier molecular flexibility index (Phi) is 4.53. The van der Waals surface area contributed by atoms with E-state index in [1.807, 2.05) is 0 Å². The quantitative estimate of drug-likeness (QED) is 0.591. The Labute approximate surface area is 190 Å². The van der Waals surface area contributed by atoms with Crippen LogP contribution in [0.5, 0.6) is 0 Å². The Balaban J connectivity index is 1.50. The van der Waals surface area contributed by atoms with Gasteiger partial charge in [0.2, 0.25) is 5.91 Å². The van der Waals surface area contributed by atoms with Crippen molar-refractivity contribution in [1.82, 2.24) is 10.2 Å².